The van der Waals surface area contributed by atoms with Crippen LogP contribution in [-0.4, -0.2) is 65.9 Å². The van der Waals surface area contributed by atoms with Crippen molar-refractivity contribution in [2.75, 3.05) is 39.3 Å². The lowest BCUT2D eigenvalue weighted by Gasteiger charge is -2.44. The summed E-state index contributed by atoms with van der Waals surface area (Å²) in [5.74, 6) is 0.404. The molecule has 1 saturated heterocycles. The van der Waals surface area contributed by atoms with Crippen LogP contribution in [0, 0.1) is 5.41 Å². The Bertz CT molecular complexity index is 598. The molecule has 0 aromatic rings. The molecule has 1 atom stereocenters. The summed E-state index contributed by atoms with van der Waals surface area (Å²) in [6.07, 6.45) is 3.27. The zero-order valence-corrected chi connectivity index (χ0v) is 20.2. The summed E-state index contributed by atoms with van der Waals surface area (Å²) in [7, 11) is -3.01. The maximum atomic E-state index is 13.8. The number of nitrogens with zero attached hydrogens (tertiary/aromatic N) is 2. The van der Waals surface area contributed by atoms with Gasteiger partial charge in [-0.3, -0.25) is 25.8 Å². The summed E-state index contributed by atoms with van der Waals surface area (Å²) in [5, 5.41) is -0.469. The Morgan fingerprint density at radius 1 is 1.00 bits per heavy atom. The molecule has 5 N–H and O–H groups in total. The van der Waals surface area contributed by atoms with Gasteiger partial charge in [-0.2, -0.15) is 0 Å². The van der Waals surface area contributed by atoms with E-state index in [1.54, 1.807) is 0 Å². The van der Waals surface area contributed by atoms with Crippen molar-refractivity contribution in [3.63, 3.8) is 0 Å². The fourth-order valence-electron chi connectivity index (χ4n) is 3.16. The Labute approximate surface area is 176 Å². The highest BCUT2D eigenvalue weighted by Gasteiger charge is 2.45. The van der Waals surface area contributed by atoms with Gasteiger partial charge in [0.1, 0.15) is 0 Å². The number of nitrogens with one attached hydrogen (secondary N) is 1. The molecule has 1 amide bonds. The molecule has 0 spiro atoms. The third-order valence-corrected chi connectivity index (χ3v) is 8.22. The molecule has 0 saturated carbocycles. The predicted molar refractivity (Wildman–Crippen MR) is 119 cm³/mol. The van der Waals surface area contributed by atoms with Gasteiger partial charge in [-0.05, 0) is 45.4 Å². The summed E-state index contributed by atoms with van der Waals surface area (Å²) < 4.78 is 21.8. The molecule has 1 aliphatic rings. The normalized spacial score (nSPS) is 18.3. The summed E-state index contributed by atoms with van der Waals surface area (Å²) in [6.45, 7) is 15.7. The molecule has 1 fully saturated rings. The van der Waals surface area contributed by atoms with E-state index in [0.717, 1.165) is 25.8 Å². The zero-order chi connectivity index (χ0) is 22.3. The smallest absolute Gasteiger partial charge is 0.338 e. The van der Waals surface area contributed by atoms with Gasteiger partial charge in [0.2, 0.25) is 5.91 Å². The third-order valence-electron chi connectivity index (χ3n) is 4.90. The van der Waals surface area contributed by atoms with Crippen LogP contribution in [0.5, 0.6) is 0 Å². The van der Waals surface area contributed by atoms with Crippen molar-refractivity contribution in [2.45, 2.75) is 72.4 Å². The molecule has 0 bridgehead atoms. The Morgan fingerprint density at radius 3 is 2.07 bits per heavy atom. The number of nitrogens with two attached hydrogens (primary N) is 2. The predicted octanol–water partition coefficient (Wildman–Crippen LogP) is 1.10. The maximum Gasteiger partial charge on any atom is 0.338 e. The fourth-order valence-corrected chi connectivity index (χ4v) is 5.83. The number of guanidine groups is 1. The van der Waals surface area contributed by atoms with E-state index < -0.39 is 12.7 Å². The van der Waals surface area contributed by atoms with E-state index >= 15 is 0 Å². The first-order valence-electron chi connectivity index (χ1n) is 10.7. The second-order valence-corrected chi connectivity index (χ2v) is 13.3. The first-order chi connectivity index (χ1) is 13.3. The van der Waals surface area contributed by atoms with E-state index in [-0.39, 0.29) is 17.3 Å². The van der Waals surface area contributed by atoms with Gasteiger partial charge in [0, 0.05) is 32.6 Å². The average molecular weight is 433 g/mol. The van der Waals surface area contributed by atoms with Crippen LogP contribution in [-0.2, 0) is 13.9 Å². The lowest BCUT2D eigenvalue weighted by Crippen LogP contribution is -2.78. The first kappa shape index (κ1) is 25.9. The van der Waals surface area contributed by atoms with Crippen molar-refractivity contribution in [1.29, 1.82) is 0 Å². The van der Waals surface area contributed by atoms with Crippen LogP contribution in [0.3, 0.4) is 0 Å². The molecule has 1 aliphatic heterocycles. The third kappa shape index (κ3) is 8.65. The van der Waals surface area contributed by atoms with Crippen molar-refractivity contribution in [3.05, 3.63) is 0 Å². The minimum Gasteiger partial charge on any atom is -0.340 e. The molecule has 1 heterocycles. The van der Waals surface area contributed by atoms with E-state index in [2.05, 4.69) is 25.8 Å². The fraction of sp³-hybridized carbons (Fsp3) is 0.900. The van der Waals surface area contributed by atoms with Gasteiger partial charge in [0.25, 0.3) is 7.52 Å². The number of carbonyl (C=O) groups excluding carboxylic acids is 1. The number of amides is 1. The minimum atomic E-state index is -3.01. The SMILES string of the molecule is CC(C)(C)COP(=O)(N1CCN(C(=O)CCCCC[NH+]=C(N)N)CC1)C(C)(C)C. The highest BCUT2D eigenvalue weighted by atomic mass is 31.2. The van der Waals surface area contributed by atoms with E-state index in [0.29, 0.717) is 39.2 Å². The highest BCUT2D eigenvalue weighted by molar-refractivity contribution is 7.58. The molecule has 0 aromatic carbocycles. The van der Waals surface area contributed by atoms with Gasteiger partial charge in [-0.1, -0.05) is 20.8 Å². The monoisotopic (exact) mass is 432 g/mol. The molecular formula is C20H43N5O3P+. The first-order valence-corrected chi connectivity index (χ1v) is 12.2. The van der Waals surface area contributed by atoms with E-state index in [1.165, 1.54) is 0 Å². The Balaban J connectivity index is 2.52. The van der Waals surface area contributed by atoms with Crippen LogP contribution in [0.4, 0.5) is 0 Å². The molecule has 1 rings (SSSR count). The number of piperazine rings is 1. The van der Waals surface area contributed by atoms with Gasteiger partial charge >= 0.3 is 5.96 Å². The van der Waals surface area contributed by atoms with E-state index in [1.807, 2.05) is 30.3 Å². The number of hydrogen-bond acceptors (Lipinski definition) is 3. The number of carbonyl (C=O) groups is 1. The molecule has 9 heteroatoms. The van der Waals surface area contributed by atoms with Gasteiger partial charge < -0.3 is 9.42 Å². The van der Waals surface area contributed by atoms with Crippen LogP contribution in [0.2, 0.25) is 0 Å². The number of rotatable bonds is 9. The minimum absolute atomic E-state index is 0.0534. The molecule has 0 radical (unpaired) electrons. The van der Waals surface area contributed by atoms with Gasteiger partial charge in [0.15, 0.2) is 0 Å². The largest absolute Gasteiger partial charge is 0.340 e. The van der Waals surface area contributed by atoms with Crippen LogP contribution in [0.1, 0.15) is 67.2 Å². The van der Waals surface area contributed by atoms with Crippen molar-refractivity contribution in [3.8, 4) is 0 Å². The topological polar surface area (TPSA) is 116 Å². The van der Waals surface area contributed by atoms with Crippen LogP contribution >= 0.6 is 7.52 Å². The summed E-state index contributed by atoms with van der Waals surface area (Å²) in [4.78, 5) is 17.3. The van der Waals surface area contributed by atoms with E-state index in [4.69, 9.17) is 16.0 Å². The average Bonchev–Trinajstić information content (AvgIpc) is 2.60. The molecule has 0 aromatic heterocycles. The summed E-state index contributed by atoms with van der Waals surface area (Å²) >= 11 is 0. The van der Waals surface area contributed by atoms with Crippen LogP contribution in [0.25, 0.3) is 0 Å². The van der Waals surface area contributed by atoms with Crippen molar-refractivity contribution >= 4 is 19.4 Å². The Kier molecular flexibility index (Phi) is 9.64. The Hall–Kier alpha value is -1.11. The lowest BCUT2D eigenvalue weighted by atomic mass is 9.99. The molecule has 1 unspecified atom stereocenters. The van der Waals surface area contributed by atoms with Crippen molar-refractivity contribution < 1.29 is 18.9 Å². The number of unbranched alkanes of at least 4 members (excludes halogenated alkanes) is 2. The summed E-state index contributed by atoms with van der Waals surface area (Å²) in [6, 6.07) is 0. The molecule has 8 nitrogen and oxygen atoms in total. The number of hydrogen-bond donors (Lipinski definition) is 3. The molecular weight excluding hydrogens is 389 g/mol. The van der Waals surface area contributed by atoms with Gasteiger partial charge in [-0.15, -0.1) is 0 Å². The van der Waals surface area contributed by atoms with Crippen molar-refractivity contribution in [2.24, 2.45) is 16.9 Å². The Morgan fingerprint density at radius 2 is 1.59 bits per heavy atom. The second-order valence-electron chi connectivity index (χ2n) is 10.1. The molecule has 29 heavy (non-hydrogen) atoms. The quantitative estimate of drug-likeness (QED) is 0.217. The highest BCUT2D eigenvalue weighted by Crippen LogP contribution is 2.62. The van der Waals surface area contributed by atoms with Crippen LogP contribution in [0.15, 0.2) is 0 Å². The second kappa shape index (κ2) is 10.8. The standard InChI is InChI=1S/C20H42N5O3P/c1-19(2,3)16-28-29(27,20(4,5)6)25-14-12-24(13-15-25)17(26)10-8-7-9-11-23-18(21)22/h7-16H2,1-6H3,(H4,21,22,23)/p+1. The van der Waals surface area contributed by atoms with Crippen LogP contribution < -0.4 is 16.5 Å². The maximum absolute atomic E-state index is 13.8. The zero-order valence-electron chi connectivity index (χ0n) is 19.3. The molecule has 0 aliphatic carbocycles. The lowest BCUT2D eigenvalue weighted by molar-refractivity contribution is -0.459. The van der Waals surface area contributed by atoms with Crippen molar-refractivity contribution in [1.82, 2.24) is 9.57 Å². The van der Waals surface area contributed by atoms with Gasteiger partial charge in [-0.25, -0.2) is 4.67 Å². The summed E-state index contributed by atoms with van der Waals surface area (Å²) in [5.41, 5.74) is 10.6. The van der Waals surface area contributed by atoms with Gasteiger partial charge in [0.05, 0.1) is 18.3 Å². The van der Waals surface area contributed by atoms with E-state index in [9.17, 15) is 9.36 Å². The molecule has 170 valence electrons.